The lowest BCUT2D eigenvalue weighted by Gasteiger charge is -2.26. The van der Waals surface area contributed by atoms with Gasteiger partial charge in [0.05, 0.1) is 12.7 Å². The van der Waals surface area contributed by atoms with Crippen LogP contribution >= 0.6 is 0 Å². The first kappa shape index (κ1) is 26.2. The predicted molar refractivity (Wildman–Crippen MR) is 129 cm³/mol. The van der Waals surface area contributed by atoms with Gasteiger partial charge in [-0.05, 0) is 43.5 Å². The van der Waals surface area contributed by atoms with Crippen molar-refractivity contribution >= 4 is 0 Å². The van der Waals surface area contributed by atoms with Gasteiger partial charge in [0, 0.05) is 12.1 Å². The van der Waals surface area contributed by atoms with Gasteiger partial charge in [0.25, 0.3) is 0 Å². The van der Waals surface area contributed by atoms with Gasteiger partial charge in [0.2, 0.25) is 0 Å². The van der Waals surface area contributed by atoms with Gasteiger partial charge in [0.15, 0.2) is 12.2 Å². The normalized spacial score (nSPS) is 22.0. The first-order valence-corrected chi connectivity index (χ1v) is 12.3. The average Bonchev–Trinajstić information content (AvgIpc) is 3.14. The lowest BCUT2D eigenvalue weighted by molar-refractivity contribution is -0.0203. The van der Waals surface area contributed by atoms with Crippen molar-refractivity contribution in [3.63, 3.8) is 0 Å². The van der Waals surface area contributed by atoms with E-state index >= 15 is 0 Å². The number of halogens is 2. The molecule has 1 saturated heterocycles. The molecule has 1 aliphatic heterocycles. The number of aliphatic hydroxyl groups excluding tert-OH is 1. The Kier molecular flexibility index (Phi) is 10.8. The maximum absolute atomic E-state index is 13.8. The van der Waals surface area contributed by atoms with E-state index in [1.165, 1.54) is 49.9 Å². The highest BCUT2D eigenvalue weighted by molar-refractivity contribution is 5.25. The Morgan fingerprint density at radius 2 is 1.32 bits per heavy atom. The smallest absolute Gasteiger partial charge is 0.166 e. The second kappa shape index (κ2) is 14.1. The Morgan fingerprint density at radius 1 is 0.794 bits per heavy atom. The van der Waals surface area contributed by atoms with E-state index in [-0.39, 0.29) is 12.7 Å². The van der Waals surface area contributed by atoms with Crippen molar-refractivity contribution in [3.05, 3.63) is 72.8 Å². The zero-order valence-electron chi connectivity index (χ0n) is 19.7. The van der Waals surface area contributed by atoms with Gasteiger partial charge in [-0.25, -0.2) is 8.78 Å². The summed E-state index contributed by atoms with van der Waals surface area (Å²) in [6.45, 7) is 3.50. The molecule has 4 unspecified atom stereocenters. The molecule has 0 radical (unpaired) electrons. The molecular formula is C28H36F2O4. The number of aliphatic hydroxyl groups is 1. The summed E-state index contributed by atoms with van der Waals surface area (Å²) in [6.07, 6.45) is 9.65. The molecule has 4 atom stereocenters. The molecule has 1 heterocycles. The van der Waals surface area contributed by atoms with Gasteiger partial charge in [0.1, 0.15) is 29.2 Å². The summed E-state index contributed by atoms with van der Waals surface area (Å²) in [5.41, 5.74) is 0. The minimum Gasteiger partial charge on any atom is -0.484 e. The van der Waals surface area contributed by atoms with Crippen LogP contribution in [-0.2, 0) is 4.74 Å². The Bertz CT molecular complexity index is 875. The zero-order chi connectivity index (χ0) is 24.2. The quantitative estimate of drug-likeness (QED) is 0.233. The number of hydrogen-bond donors (Lipinski definition) is 1. The number of benzene rings is 2. The highest BCUT2D eigenvalue weighted by Gasteiger charge is 2.47. The topological polar surface area (TPSA) is 47.9 Å². The van der Waals surface area contributed by atoms with E-state index in [1.54, 1.807) is 24.3 Å². The van der Waals surface area contributed by atoms with Crippen LogP contribution < -0.4 is 9.47 Å². The molecule has 1 N–H and O–H groups in total. The molecule has 0 spiro atoms. The van der Waals surface area contributed by atoms with Crippen molar-refractivity contribution in [1.82, 2.24) is 0 Å². The SMILES string of the molecule is C=CCCCCCCCCCC1OC(CO)C(Oc2cccc(F)c2)C1Oc1cccc(F)c1. The summed E-state index contributed by atoms with van der Waals surface area (Å²) in [4.78, 5) is 0. The number of hydrogen-bond acceptors (Lipinski definition) is 4. The van der Waals surface area contributed by atoms with Crippen molar-refractivity contribution in [2.24, 2.45) is 0 Å². The molecule has 3 rings (SSSR count). The lowest BCUT2D eigenvalue weighted by Crippen LogP contribution is -2.43. The minimum atomic E-state index is -0.662. The first-order chi connectivity index (χ1) is 16.6. The molecule has 1 aliphatic rings. The van der Waals surface area contributed by atoms with Crippen LogP contribution in [0.2, 0.25) is 0 Å². The molecule has 0 amide bonds. The fraction of sp³-hybridized carbons (Fsp3) is 0.500. The van der Waals surface area contributed by atoms with Crippen LogP contribution in [0.15, 0.2) is 61.2 Å². The average molecular weight is 475 g/mol. The number of ether oxygens (including phenoxy) is 3. The summed E-state index contributed by atoms with van der Waals surface area (Å²) >= 11 is 0. The van der Waals surface area contributed by atoms with E-state index in [0.29, 0.717) is 11.5 Å². The third kappa shape index (κ3) is 8.10. The summed E-state index contributed by atoms with van der Waals surface area (Å²) < 4.78 is 45.8. The molecule has 2 aromatic rings. The zero-order valence-corrected chi connectivity index (χ0v) is 19.7. The molecule has 0 aliphatic carbocycles. The van der Waals surface area contributed by atoms with Crippen LogP contribution in [0.1, 0.15) is 57.8 Å². The van der Waals surface area contributed by atoms with E-state index in [0.717, 1.165) is 32.1 Å². The van der Waals surface area contributed by atoms with E-state index in [4.69, 9.17) is 14.2 Å². The minimum absolute atomic E-state index is 0.260. The summed E-state index contributed by atoms with van der Waals surface area (Å²) in [6, 6.07) is 11.8. The van der Waals surface area contributed by atoms with E-state index < -0.39 is 29.9 Å². The molecular weight excluding hydrogens is 438 g/mol. The van der Waals surface area contributed by atoms with E-state index in [2.05, 4.69) is 6.58 Å². The van der Waals surface area contributed by atoms with Gasteiger partial charge >= 0.3 is 0 Å². The Hall–Kier alpha value is -2.44. The van der Waals surface area contributed by atoms with E-state index in [9.17, 15) is 13.9 Å². The number of unbranched alkanes of at least 4 members (excludes halogenated alkanes) is 7. The highest BCUT2D eigenvalue weighted by Crippen LogP contribution is 2.32. The van der Waals surface area contributed by atoms with Crippen molar-refractivity contribution in [3.8, 4) is 11.5 Å². The molecule has 4 nitrogen and oxygen atoms in total. The lowest BCUT2D eigenvalue weighted by atomic mass is 10.0. The fourth-order valence-electron chi connectivity index (χ4n) is 4.38. The van der Waals surface area contributed by atoms with Crippen molar-refractivity contribution in [2.75, 3.05) is 6.61 Å². The fourth-order valence-corrected chi connectivity index (χ4v) is 4.38. The van der Waals surface area contributed by atoms with Crippen LogP contribution in [0.25, 0.3) is 0 Å². The summed E-state index contributed by atoms with van der Waals surface area (Å²) in [5, 5.41) is 9.94. The second-order valence-corrected chi connectivity index (χ2v) is 8.82. The molecule has 0 saturated carbocycles. The monoisotopic (exact) mass is 474 g/mol. The first-order valence-electron chi connectivity index (χ1n) is 12.3. The van der Waals surface area contributed by atoms with Crippen LogP contribution in [0, 0.1) is 11.6 Å². The second-order valence-electron chi connectivity index (χ2n) is 8.82. The molecule has 2 aromatic carbocycles. The maximum Gasteiger partial charge on any atom is 0.166 e. The molecule has 0 bridgehead atoms. The standard InChI is InChI=1S/C28H36F2O4/c1-2-3-4-5-6-7-8-9-10-17-25-27(32-23-15-11-13-21(29)18-23)28(26(20-31)34-25)33-24-16-12-14-22(30)19-24/h2,11-16,18-19,25-28,31H,1,3-10,17,20H2. The van der Waals surface area contributed by atoms with Crippen molar-refractivity contribution in [2.45, 2.75) is 82.2 Å². The van der Waals surface area contributed by atoms with Crippen LogP contribution in [0.5, 0.6) is 11.5 Å². The number of rotatable bonds is 15. The maximum atomic E-state index is 13.8. The van der Waals surface area contributed by atoms with Gasteiger partial charge in [-0.2, -0.15) is 0 Å². The molecule has 0 aromatic heterocycles. The molecule has 186 valence electrons. The predicted octanol–water partition coefficient (Wildman–Crippen LogP) is 6.62. The molecule has 6 heteroatoms. The largest absolute Gasteiger partial charge is 0.484 e. The Morgan fingerprint density at radius 3 is 1.85 bits per heavy atom. The van der Waals surface area contributed by atoms with Gasteiger partial charge in [-0.15, -0.1) is 6.58 Å². The van der Waals surface area contributed by atoms with E-state index in [1.807, 2.05) is 6.08 Å². The van der Waals surface area contributed by atoms with Crippen LogP contribution in [0.4, 0.5) is 8.78 Å². The highest BCUT2D eigenvalue weighted by atomic mass is 19.1. The van der Waals surface area contributed by atoms with Gasteiger partial charge < -0.3 is 19.3 Å². The Labute approximate surface area is 201 Å². The number of allylic oxidation sites excluding steroid dienone is 1. The van der Waals surface area contributed by atoms with Crippen LogP contribution in [-0.4, -0.2) is 36.1 Å². The van der Waals surface area contributed by atoms with Crippen LogP contribution in [0.3, 0.4) is 0 Å². The van der Waals surface area contributed by atoms with Gasteiger partial charge in [-0.3, -0.25) is 0 Å². The Balaban J connectivity index is 1.61. The summed E-state index contributed by atoms with van der Waals surface area (Å²) in [7, 11) is 0. The third-order valence-electron chi connectivity index (χ3n) is 6.12. The third-order valence-corrected chi connectivity index (χ3v) is 6.12. The van der Waals surface area contributed by atoms with Crippen molar-refractivity contribution < 1.29 is 28.1 Å². The molecule has 34 heavy (non-hydrogen) atoms. The van der Waals surface area contributed by atoms with Gasteiger partial charge in [-0.1, -0.05) is 56.7 Å². The summed E-state index contributed by atoms with van der Waals surface area (Å²) in [5.74, 6) is -0.121. The van der Waals surface area contributed by atoms with Crippen molar-refractivity contribution in [1.29, 1.82) is 0 Å². The molecule has 1 fully saturated rings.